The molecule has 30 heavy (non-hydrogen) atoms. The Morgan fingerprint density at radius 2 is 1.63 bits per heavy atom. The van der Waals surface area contributed by atoms with Crippen molar-refractivity contribution in [2.24, 2.45) is 0 Å². The van der Waals surface area contributed by atoms with Crippen LogP contribution in [0.15, 0.2) is 18.2 Å². The van der Waals surface area contributed by atoms with Crippen molar-refractivity contribution in [3.63, 3.8) is 0 Å². The summed E-state index contributed by atoms with van der Waals surface area (Å²) in [7, 11) is -0.349. The van der Waals surface area contributed by atoms with Crippen molar-refractivity contribution in [2.45, 2.75) is 78.7 Å². The predicted octanol–water partition coefficient (Wildman–Crippen LogP) is 3.35. The van der Waals surface area contributed by atoms with E-state index in [1.807, 2.05) is 20.8 Å². The molecule has 0 saturated carbocycles. The van der Waals surface area contributed by atoms with E-state index in [2.05, 4.69) is 57.7 Å². The molecule has 1 aromatic carbocycles. The lowest BCUT2D eigenvalue weighted by molar-refractivity contribution is 0.00578. The smallest absolute Gasteiger partial charge is 0.444 e. The maximum absolute atomic E-state index is 12.3. The summed E-state index contributed by atoms with van der Waals surface area (Å²) in [4.78, 5) is 16.5. The lowest BCUT2D eigenvalue weighted by Crippen LogP contribution is -2.49. The summed E-state index contributed by atoms with van der Waals surface area (Å²) >= 11 is 0. The Labute approximate surface area is 182 Å². The van der Waals surface area contributed by atoms with Gasteiger partial charge in [0.15, 0.2) is 0 Å². The molecule has 0 aliphatic carbocycles. The van der Waals surface area contributed by atoms with Crippen molar-refractivity contribution in [1.82, 2.24) is 9.80 Å². The first-order valence-electron chi connectivity index (χ1n) is 10.9. The highest BCUT2D eigenvalue weighted by atomic mass is 16.7. The Morgan fingerprint density at radius 3 is 2.17 bits per heavy atom. The third-order valence-corrected chi connectivity index (χ3v) is 6.32. The van der Waals surface area contributed by atoms with Gasteiger partial charge in [-0.1, -0.05) is 18.2 Å². The molecule has 7 heteroatoms. The Kier molecular flexibility index (Phi) is 6.29. The SMILES string of the molecule is Cc1ccc(B2OC(C)(C)C(C)(C)O2)cc1CN1CCN(C(=O)OC(C)(C)C)CC1. The fourth-order valence-electron chi connectivity index (χ4n) is 3.64. The Hall–Kier alpha value is -1.57. The summed E-state index contributed by atoms with van der Waals surface area (Å²) in [6.07, 6.45) is -0.221. The van der Waals surface area contributed by atoms with Gasteiger partial charge in [-0.25, -0.2) is 4.79 Å². The molecular weight excluding hydrogens is 379 g/mol. The van der Waals surface area contributed by atoms with Crippen molar-refractivity contribution in [2.75, 3.05) is 26.2 Å². The minimum absolute atomic E-state index is 0.221. The molecule has 1 aromatic rings. The van der Waals surface area contributed by atoms with Crippen LogP contribution in [-0.4, -0.2) is 66.0 Å². The van der Waals surface area contributed by atoms with Crippen molar-refractivity contribution in [1.29, 1.82) is 0 Å². The highest BCUT2D eigenvalue weighted by molar-refractivity contribution is 6.62. The Balaban J connectivity index is 1.62. The van der Waals surface area contributed by atoms with E-state index in [0.717, 1.165) is 25.1 Å². The normalized spacial score (nSPS) is 21.7. The van der Waals surface area contributed by atoms with Gasteiger partial charge in [-0.15, -0.1) is 0 Å². The molecule has 0 atom stereocenters. The highest BCUT2D eigenvalue weighted by Gasteiger charge is 2.51. The van der Waals surface area contributed by atoms with Crippen LogP contribution in [0.5, 0.6) is 0 Å². The number of benzene rings is 1. The number of amides is 1. The first-order valence-corrected chi connectivity index (χ1v) is 10.9. The summed E-state index contributed by atoms with van der Waals surface area (Å²) < 4.78 is 17.9. The van der Waals surface area contributed by atoms with Gasteiger partial charge in [-0.2, -0.15) is 0 Å². The van der Waals surface area contributed by atoms with E-state index in [1.54, 1.807) is 4.90 Å². The Morgan fingerprint density at radius 1 is 1.07 bits per heavy atom. The standard InChI is InChI=1S/C23H37BN2O4/c1-17-9-10-19(24-29-22(5,6)23(7,8)30-24)15-18(17)16-25-11-13-26(14-12-25)20(27)28-21(2,3)4/h9-10,15H,11-14,16H2,1-8H3. The van der Waals surface area contributed by atoms with E-state index in [0.29, 0.717) is 13.1 Å². The molecule has 6 nitrogen and oxygen atoms in total. The second-order valence-electron chi connectivity index (χ2n) is 10.5. The fraction of sp³-hybridized carbons (Fsp3) is 0.696. The molecule has 2 aliphatic heterocycles. The second kappa shape index (κ2) is 8.17. The van der Waals surface area contributed by atoms with Crippen molar-refractivity contribution >= 4 is 18.7 Å². The minimum Gasteiger partial charge on any atom is -0.444 e. The maximum atomic E-state index is 12.3. The third kappa shape index (κ3) is 5.18. The van der Waals surface area contributed by atoms with Crippen LogP contribution in [0.1, 0.15) is 59.6 Å². The zero-order valence-corrected chi connectivity index (χ0v) is 19.9. The maximum Gasteiger partial charge on any atom is 0.494 e. The van der Waals surface area contributed by atoms with Gasteiger partial charge in [0.05, 0.1) is 11.2 Å². The molecule has 166 valence electrons. The van der Waals surface area contributed by atoms with E-state index >= 15 is 0 Å². The fourth-order valence-corrected chi connectivity index (χ4v) is 3.64. The number of hydrogen-bond acceptors (Lipinski definition) is 5. The largest absolute Gasteiger partial charge is 0.494 e. The van der Waals surface area contributed by atoms with Gasteiger partial charge in [-0.3, -0.25) is 4.90 Å². The van der Waals surface area contributed by atoms with E-state index in [4.69, 9.17) is 14.0 Å². The zero-order valence-electron chi connectivity index (χ0n) is 19.9. The Bertz CT molecular complexity index is 764. The molecule has 2 heterocycles. The number of piperazine rings is 1. The topological polar surface area (TPSA) is 51.2 Å². The van der Waals surface area contributed by atoms with Crippen molar-refractivity contribution in [3.8, 4) is 0 Å². The minimum atomic E-state index is -0.459. The van der Waals surface area contributed by atoms with Gasteiger partial charge in [-0.05, 0) is 72.0 Å². The quantitative estimate of drug-likeness (QED) is 0.708. The molecule has 2 saturated heterocycles. The molecule has 0 bridgehead atoms. The second-order valence-corrected chi connectivity index (χ2v) is 10.5. The molecule has 2 aliphatic rings. The number of hydrogen-bond donors (Lipinski definition) is 0. The van der Waals surface area contributed by atoms with Gasteiger partial charge in [0.25, 0.3) is 0 Å². The summed E-state index contributed by atoms with van der Waals surface area (Å²) in [6, 6.07) is 6.45. The number of ether oxygens (including phenoxy) is 1. The molecule has 3 rings (SSSR count). The van der Waals surface area contributed by atoms with Gasteiger partial charge in [0.1, 0.15) is 5.60 Å². The lowest BCUT2D eigenvalue weighted by atomic mass is 9.77. The highest BCUT2D eigenvalue weighted by Crippen LogP contribution is 2.36. The molecule has 0 radical (unpaired) electrons. The van der Waals surface area contributed by atoms with Gasteiger partial charge in [0.2, 0.25) is 0 Å². The zero-order chi connectivity index (χ0) is 22.3. The van der Waals surface area contributed by atoms with Crippen LogP contribution in [0.2, 0.25) is 0 Å². The van der Waals surface area contributed by atoms with Crippen molar-refractivity contribution < 1.29 is 18.8 Å². The summed E-state index contributed by atoms with van der Waals surface area (Å²) in [5.41, 5.74) is 2.43. The molecule has 0 N–H and O–H groups in total. The summed E-state index contributed by atoms with van der Waals surface area (Å²) in [5.74, 6) is 0. The number of aryl methyl sites for hydroxylation is 1. The third-order valence-electron chi connectivity index (χ3n) is 6.32. The molecule has 1 amide bonds. The van der Waals surface area contributed by atoms with E-state index in [-0.39, 0.29) is 24.4 Å². The van der Waals surface area contributed by atoms with Crippen LogP contribution in [0.3, 0.4) is 0 Å². The first kappa shape index (κ1) is 23.1. The first-order chi connectivity index (χ1) is 13.8. The van der Waals surface area contributed by atoms with Crippen LogP contribution in [-0.2, 0) is 20.6 Å². The van der Waals surface area contributed by atoms with Crippen molar-refractivity contribution in [3.05, 3.63) is 29.3 Å². The molecule has 2 fully saturated rings. The predicted molar refractivity (Wildman–Crippen MR) is 120 cm³/mol. The summed E-state index contributed by atoms with van der Waals surface area (Å²) in [6.45, 7) is 20.0. The van der Waals surface area contributed by atoms with Crippen LogP contribution in [0.25, 0.3) is 0 Å². The molecule has 0 aromatic heterocycles. The van der Waals surface area contributed by atoms with Gasteiger partial charge in [0, 0.05) is 32.7 Å². The van der Waals surface area contributed by atoms with E-state index in [9.17, 15) is 4.79 Å². The van der Waals surface area contributed by atoms with Gasteiger partial charge < -0.3 is 18.9 Å². The van der Waals surface area contributed by atoms with Crippen LogP contribution >= 0.6 is 0 Å². The molecular formula is C23H37BN2O4. The number of carbonyl (C=O) groups is 1. The summed E-state index contributed by atoms with van der Waals surface area (Å²) in [5, 5.41) is 0. The van der Waals surface area contributed by atoms with Gasteiger partial charge >= 0.3 is 13.2 Å². The monoisotopic (exact) mass is 416 g/mol. The van der Waals surface area contributed by atoms with Crippen LogP contribution in [0, 0.1) is 6.92 Å². The van der Waals surface area contributed by atoms with E-state index < -0.39 is 5.60 Å². The van der Waals surface area contributed by atoms with E-state index in [1.165, 1.54) is 11.1 Å². The lowest BCUT2D eigenvalue weighted by Gasteiger charge is -2.35. The average Bonchev–Trinajstić information content (AvgIpc) is 2.83. The number of rotatable bonds is 3. The van der Waals surface area contributed by atoms with Crippen LogP contribution < -0.4 is 5.46 Å². The average molecular weight is 416 g/mol. The molecule has 0 unspecified atom stereocenters. The number of nitrogens with zero attached hydrogens (tertiary/aromatic N) is 2. The van der Waals surface area contributed by atoms with Crippen LogP contribution in [0.4, 0.5) is 4.79 Å². The molecule has 0 spiro atoms. The number of carbonyl (C=O) groups excluding carboxylic acids is 1.